The molecule has 2 fully saturated rings. The quantitative estimate of drug-likeness (QED) is 0.791. The Bertz CT molecular complexity index is 785. The molecule has 2 aromatic rings. The Kier molecular flexibility index (Phi) is 4.63. The number of hydrogen-bond donors (Lipinski definition) is 0. The van der Waals surface area contributed by atoms with Crippen molar-refractivity contribution in [1.29, 1.82) is 0 Å². The van der Waals surface area contributed by atoms with Crippen molar-refractivity contribution in [1.82, 2.24) is 19.9 Å². The Morgan fingerprint density at radius 2 is 2.23 bits per heavy atom. The summed E-state index contributed by atoms with van der Waals surface area (Å²) >= 11 is 0. The molecular weight excluding hydrogens is 332 g/mol. The smallest absolute Gasteiger partial charge is 0.259 e. The summed E-state index contributed by atoms with van der Waals surface area (Å²) in [6.07, 6.45) is 6.26. The van der Waals surface area contributed by atoms with E-state index in [1.54, 1.807) is 6.20 Å². The first kappa shape index (κ1) is 17.0. The maximum absolute atomic E-state index is 12.8. The summed E-state index contributed by atoms with van der Waals surface area (Å²) in [4.78, 5) is 21.1. The minimum Gasteiger partial charge on any atom is -0.488 e. The molecule has 0 aromatic carbocycles. The molecule has 0 bridgehead atoms. The molecule has 1 aliphatic heterocycles. The van der Waals surface area contributed by atoms with E-state index in [0.29, 0.717) is 24.6 Å². The normalized spacial score (nSPS) is 20.0. The van der Waals surface area contributed by atoms with Crippen LogP contribution in [0.4, 0.5) is 0 Å². The second-order valence-electron chi connectivity index (χ2n) is 7.39. The minimum atomic E-state index is -0.00205. The van der Waals surface area contributed by atoms with Crippen molar-refractivity contribution in [2.45, 2.75) is 37.8 Å². The average molecular weight is 356 g/mol. The first-order chi connectivity index (χ1) is 12.6. The molecule has 0 N–H and O–H groups in total. The predicted octanol–water partition coefficient (Wildman–Crippen LogP) is 2.30. The van der Waals surface area contributed by atoms with Crippen molar-refractivity contribution < 1.29 is 14.1 Å². The molecule has 7 heteroatoms. The topological polar surface area (TPSA) is 71.7 Å². The fraction of sp³-hybridized carbons (Fsp3) is 0.526. The highest BCUT2D eigenvalue weighted by Gasteiger charge is 2.35. The lowest BCUT2D eigenvalue weighted by Crippen LogP contribution is -2.31. The monoisotopic (exact) mass is 356 g/mol. The van der Waals surface area contributed by atoms with E-state index in [-0.39, 0.29) is 12.0 Å². The van der Waals surface area contributed by atoms with E-state index in [9.17, 15) is 4.79 Å². The highest BCUT2D eigenvalue weighted by Crippen LogP contribution is 2.41. The Balaban J connectivity index is 1.38. The largest absolute Gasteiger partial charge is 0.488 e. The van der Waals surface area contributed by atoms with E-state index in [1.807, 2.05) is 31.1 Å². The van der Waals surface area contributed by atoms with Gasteiger partial charge in [-0.3, -0.25) is 9.78 Å². The Morgan fingerprint density at radius 1 is 1.38 bits per heavy atom. The van der Waals surface area contributed by atoms with Crippen LogP contribution < -0.4 is 4.74 Å². The number of ether oxygens (including phenoxy) is 1. The van der Waals surface area contributed by atoms with E-state index < -0.39 is 0 Å². The third-order valence-electron chi connectivity index (χ3n) is 4.79. The first-order valence-corrected chi connectivity index (χ1v) is 9.10. The summed E-state index contributed by atoms with van der Waals surface area (Å²) in [5.74, 6) is 1.20. The van der Waals surface area contributed by atoms with Gasteiger partial charge in [-0.15, -0.1) is 0 Å². The number of nitrogens with zero attached hydrogens (tertiary/aromatic N) is 4. The lowest BCUT2D eigenvalue weighted by molar-refractivity contribution is 0.0770. The van der Waals surface area contributed by atoms with Gasteiger partial charge in [0.15, 0.2) is 0 Å². The fourth-order valence-electron chi connectivity index (χ4n) is 3.37. The molecule has 138 valence electrons. The molecule has 1 atom stereocenters. The zero-order valence-electron chi connectivity index (χ0n) is 15.2. The number of carbonyl (C=O) groups excluding carboxylic acids is 1. The maximum atomic E-state index is 12.8. The Hall–Kier alpha value is -2.41. The van der Waals surface area contributed by atoms with Crippen LogP contribution in [0, 0.1) is 0 Å². The van der Waals surface area contributed by atoms with Crippen LogP contribution in [0.1, 0.15) is 46.9 Å². The van der Waals surface area contributed by atoms with Gasteiger partial charge in [0.25, 0.3) is 5.91 Å². The number of hydrogen-bond acceptors (Lipinski definition) is 6. The van der Waals surface area contributed by atoms with Crippen LogP contribution in [-0.4, -0.2) is 59.1 Å². The van der Waals surface area contributed by atoms with Gasteiger partial charge in [0.05, 0.1) is 17.9 Å². The predicted molar refractivity (Wildman–Crippen MR) is 95.0 cm³/mol. The van der Waals surface area contributed by atoms with Gasteiger partial charge in [-0.2, -0.15) is 0 Å². The first-order valence-electron chi connectivity index (χ1n) is 9.10. The highest BCUT2D eigenvalue weighted by molar-refractivity contribution is 5.95. The van der Waals surface area contributed by atoms with Gasteiger partial charge in [0.1, 0.15) is 23.7 Å². The van der Waals surface area contributed by atoms with Crippen molar-refractivity contribution in [2.24, 2.45) is 0 Å². The van der Waals surface area contributed by atoms with Crippen molar-refractivity contribution >= 4 is 5.91 Å². The zero-order valence-corrected chi connectivity index (χ0v) is 15.2. The molecule has 1 saturated heterocycles. The number of aromatic nitrogens is 2. The molecule has 7 nitrogen and oxygen atoms in total. The second-order valence-corrected chi connectivity index (χ2v) is 7.39. The molecular formula is C19H24N4O3. The molecule has 2 aliphatic rings. The van der Waals surface area contributed by atoms with Crippen LogP contribution >= 0.6 is 0 Å². The number of rotatable bonds is 6. The molecule has 1 aliphatic carbocycles. The molecule has 1 saturated carbocycles. The fourth-order valence-corrected chi connectivity index (χ4v) is 3.37. The van der Waals surface area contributed by atoms with Crippen LogP contribution in [0.3, 0.4) is 0 Å². The van der Waals surface area contributed by atoms with Crippen LogP contribution in [0.2, 0.25) is 0 Å². The minimum absolute atomic E-state index is 0.00205. The summed E-state index contributed by atoms with van der Waals surface area (Å²) in [7, 11) is 4.02. The van der Waals surface area contributed by atoms with Gasteiger partial charge >= 0.3 is 0 Å². The maximum Gasteiger partial charge on any atom is 0.259 e. The third kappa shape index (κ3) is 3.72. The summed E-state index contributed by atoms with van der Waals surface area (Å²) in [6.45, 7) is 2.04. The van der Waals surface area contributed by atoms with E-state index in [2.05, 4.69) is 15.0 Å². The van der Waals surface area contributed by atoms with E-state index in [0.717, 1.165) is 42.9 Å². The lowest BCUT2D eigenvalue weighted by atomic mass is 10.1. The molecule has 4 rings (SSSR count). The van der Waals surface area contributed by atoms with E-state index in [1.165, 1.54) is 6.26 Å². The number of carbonyl (C=O) groups is 1. The second kappa shape index (κ2) is 7.07. The number of likely N-dealkylation sites (tertiary alicyclic amines) is 1. The molecule has 3 heterocycles. The summed E-state index contributed by atoms with van der Waals surface area (Å²) in [5, 5.41) is 4.03. The van der Waals surface area contributed by atoms with Gasteiger partial charge in [0, 0.05) is 37.7 Å². The van der Waals surface area contributed by atoms with Crippen molar-refractivity contribution in [2.75, 3.05) is 27.2 Å². The van der Waals surface area contributed by atoms with E-state index in [4.69, 9.17) is 9.26 Å². The molecule has 26 heavy (non-hydrogen) atoms. The molecule has 1 amide bonds. The SMILES string of the molecule is CN(C)Cc1cc(OC2CCN(C(=O)c3conc3C3CC3)C2)ccn1. The summed E-state index contributed by atoms with van der Waals surface area (Å²) in [6, 6.07) is 3.84. The molecule has 1 unspecified atom stereocenters. The number of pyridine rings is 1. The van der Waals surface area contributed by atoms with Gasteiger partial charge in [-0.25, -0.2) is 0 Å². The molecule has 0 spiro atoms. The zero-order chi connectivity index (χ0) is 18.1. The van der Waals surface area contributed by atoms with Gasteiger partial charge in [-0.05, 0) is 33.0 Å². The standard InChI is InChI=1S/C19H24N4O3/c1-22(2)10-14-9-15(5-7-20-14)26-16-6-8-23(11-16)19(24)17-12-25-21-18(17)13-3-4-13/h5,7,9,12-13,16H,3-4,6,8,10-11H2,1-2H3. The van der Waals surface area contributed by atoms with Crippen molar-refractivity contribution in [3.05, 3.63) is 41.5 Å². The number of amides is 1. The van der Waals surface area contributed by atoms with Gasteiger partial charge in [0.2, 0.25) is 0 Å². The van der Waals surface area contributed by atoms with Gasteiger partial charge in [-0.1, -0.05) is 5.16 Å². The average Bonchev–Trinajstić information content (AvgIpc) is 3.15. The summed E-state index contributed by atoms with van der Waals surface area (Å²) < 4.78 is 11.1. The van der Waals surface area contributed by atoms with Crippen molar-refractivity contribution in [3.8, 4) is 5.75 Å². The Labute approximate surface area is 152 Å². The van der Waals surface area contributed by atoms with Crippen LogP contribution in [0.25, 0.3) is 0 Å². The van der Waals surface area contributed by atoms with Crippen LogP contribution in [-0.2, 0) is 6.54 Å². The van der Waals surface area contributed by atoms with Crippen molar-refractivity contribution in [3.63, 3.8) is 0 Å². The third-order valence-corrected chi connectivity index (χ3v) is 4.79. The van der Waals surface area contributed by atoms with E-state index >= 15 is 0 Å². The lowest BCUT2D eigenvalue weighted by Gasteiger charge is -2.17. The summed E-state index contributed by atoms with van der Waals surface area (Å²) in [5.41, 5.74) is 2.41. The van der Waals surface area contributed by atoms with Crippen LogP contribution in [0.5, 0.6) is 5.75 Å². The highest BCUT2D eigenvalue weighted by atomic mass is 16.5. The van der Waals surface area contributed by atoms with Crippen LogP contribution in [0.15, 0.2) is 29.1 Å². The Morgan fingerprint density at radius 3 is 3.00 bits per heavy atom. The molecule has 2 aromatic heterocycles. The van der Waals surface area contributed by atoms with Gasteiger partial charge < -0.3 is 19.1 Å². The molecule has 0 radical (unpaired) electrons.